The van der Waals surface area contributed by atoms with Crippen molar-refractivity contribution in [3.05, 3.63) is 53.1 Å². The highest BCUT2D eigenvalue weighted by molar-refractivity contribution is 7.98. The average Bonchev–Trinajstić information content (AvgIpc) is 3.35. The Labute approximate surface area is 171 Å². The highest BCUT2D eigenvalue weighted by atomic mass is 35.5. The molecular formula is C20H19ClN2O2S2. The Morgan fingerprint density at radius 3 is 2.93 bits per heavy atom. The van der Waals surface area contributed by atoms with Crippen LogP contribution in [-0.2, 0) is 4.74 Å². The van der Waals surface area contributed by atoms with E-state index < -0.39 is 0 Å². The number of amides is 1. The standard InChI is InChI=1S/C20H19ClN2O2S2/c1-26-16-9-4-10-17-18(16)22-20(27-17)23(12-13-6-5-11-25-13)19(24)14-7-2-3-8-15(14)21/h2-4,7-10,13H,5-6,11-12H2,1H3. The van der Waals surface area contributed by atoms with Gasteiger partial charge in [-0.1, -0.05) is 41.1 Å². The van der Waals surface area contributed by atoms with Crippen LogP contribution >= 0.6 is 34.7 Å². The summed E-state index contributed by atoms with van der Waals surface area (Å²) in [5, 5.41) is 1.14. The maximum Gasteiger partial charge on any atom is 0.261 e. The number of fused-ring (bicyclic) bond motifs is 1. The Hall–Kier alpha value is -1.60. The molecule has 0 N–H and O–H groups in total. The molecule has 2 heterocycles. The molecule has 1 aliphatic rings. The number of hydrogen-bond donors (Lipinski definition) is 0. The lowest BCUT2D eigenvalue weighted by Gasteiger charge is -2.23. The Kier molecular flexibility index (Phi) is 5.68. The van der Waals surface area contributed by atoms with Crippen molar-refractivity contribution in [2.45, 2.75) is 23.8 Å². The fourth-order valence-corrected chi connectivity index (χ4v) is 5.06. The third kappa shape index (κ3) is 3.85. The van der Waals surface area contributed by atoms with Crippen LogP contribution < -0.4 is 4.90 Å². The molecule has 4 rings (SSSR count). The van der Waals surface area contributed by atoms with E-state index >= 15 is 0 Å². The highest BCUT2D eigenvalue weighted by Crippen LogP contribution is 2.35. The van der Waals surface area contributed by atoms with Crippen molar-refractivity contribution >= 4 is 56.0 Å². The summed E-state index contributed by atoms with van der Waals surface area (Å²) in [7, 11) is 0. The fourth-order valence-electron chi connectivity index (χ4n) is 3.21. The van der Waals surface area contributed by atoms with Gasteiger partial charge in [0, 0.05) is 11.5 Å². The lowest BCUT2D eigenvalue weighted by Crippen LogP contribution is -2.37. The molecule has 0 spiro atoms. The van der Waals surface area contributed by atoms with E-state index in [-0.39, 0.29) is 12.0 Å². The molecule has 1 unspecified atom stereocenters. The number of benzene rings is 2. The van der Waals surface area contributed by atoms with Crippen LogP contribution in [0.5, 0.6) is 0 Å². The van der Waals surface area contributed by atoms with Crippen molar-refractivity contribution < 1.29 is 9.53 Å². The van der Waals surface area contributed by atoms with Gasteiger partial charge in [-0.25, -0.2) is 4.98 Å². The van der Waals surface area contributed by atoms with Crippen molar-refractivity contribution in [3.8, 4) is 0 Å². The monoisotopic (exact) mass is 418 g/mol. The molecule has 3 aromatic rings. The molecule has 1 amide bonds. The molecule has 0 aliphatic carbocycles. The number of aromatic nitrogens is 1. The number of thioether (sulfide) groups is 1. The first-order valence-corrected chi connectivity index (χ1v) is 11.2. The number of thiazole rings is 1. The average molecular weight is 419 g/mol. The Balaban J connectivity index is 1.75. The third-order valence-corrected chi connectivity index (χ3v) is 6.72. The number of ether oxygens (including phenoxy) is 1. The summed E-state index contributed by atoms with van der Waals surface area (Å²) < 4.78 is 6.86. The SMILES string of the molecule is CSc1cccc2sc(N(CC3CCCO3)C(=O)c3ccccc3Cl)nc12. The second-order valence-corrected chi connectivity index (χ2v) is 8.60. The number of rotatable bonds is 5. The first-order chi connectivity index (χ1) is 13.2. The van der Waals surface area contributed by atoms with Crippen molar-refractivity contribution in [1.29, 1.82) is 0 Å². The van der Waals surface area contributed by atoms with Crippen molar-refractivity contribution in [2.24, 2.45) is 0 Å². The molecular weight excluding hydrogens is 400 g/mol. The van der Waals surface area contributed by atoms with Crippen LogP contribution in [0, 0.1) is 0 Å². The zero-order chi connectivity index (χ0) is 18.8. The molecule has 7 heteroatoms. The molecule has 27 heavy (non-hydrogen) atoms. The van der Waals surface area contributed by atoms with Crippen LogP contribution in [0.25, 0.3) is 10.2 Å². The lowest BCUT2D eigenvalue weighted by atomic mass is 10.1. The molecule has 0 radical (unpaired) electrons. The van der Waals surface area contributed by atoms with Crippen LogP contribution in [0.4, 0.5) is 5.13 Å². The molecule has 1 saturated heterocycles. The number of carbonyl (C=O) groups excluding carboxylic acids is 1. The maximum absolute atomic E-state index is 13.3. The van der Waals surface area contributed by atoms with Crippen LogP contribution in [-0.4, -0.2) is 36.4 Å². The van der Waals surface area contributed by atoms with Gasteiger partial charge in [0.15, 0.2) is 5.13 Å². The maximum atomic E-state index is 13.3. The lowest BCUT2D eigenvalue weighted by molar-refractivity contribution is 0.0917. The molecule has 2 aromatic carbocycles. The Morgan fingerprint density at radius 2 is 2.19 bits per heavy atom. The Bertz CT molecular complexity index is 970. The first kappa shape index (κ1) is 18.7. The van der Waals surface area contributed by atoms with E-state index in [0.717, 1.165) is 34.6 Å². The second-order valence-electron chi connectivity index (χ2n) is 6.33. The minimum absolute atomic E-state index is 0.0310. The molecule has 1 aromatic heterocycles. The van der Waals surface area contributed by atoms with Crippen LogP contribution in [0.3, 0.4) is 0 Å². The number of hydrogen-bond acceptors (Lipinski definition) is 5. The predicted molar refractivity (Wildman–Crippen MR) is 114 cm³/mol. The number of anilines is 1. The number of carbonyl (C=O) groups is 1. The highest BCUT2D eigenvalue weighted by Gasteiger charge is 2.28. The largest absolute Gasteiger partial charge is 0.376 e. The summed E-state index contributed by atoms with van der Waals surface area (Å²) in [4.78, 5) is 21.0. The van der Waals surface area contributed by atoms with E-state index in [1.807, 2.05) is 30.5 Å². The zero-order valence-corrected chi connectivity index (χ0v) is 17.2. The van der Waals surface area contributed by atoms with Gasteiger partial charge in [0.1, 0.15) is 0 Å². The molecule has 0 bridgehead atoms. The molecule has 1 aliphatic heterocycles. The minimum atomic E-state index is -0.138. The van der Waals surface area contributed by atoms with Crippen molar-refractivity contribution in [3.63, 3.8) is 0 Å². The summed E-state index contributed by atoms with van der Waals surface area (Å²) >= 11 is 9.48. The van der Waals surface area contributed by atoms with Gasteiger partial charge in [-0.2, -0.15) is 0 Å². The smallest absolute Gasteiger partial charge is 0.261 e. The molecule has 0 saturated carbocycles. The summed E-state index contributed by atoms with van der Waals surface area (Å²) in [6, 6.07) is 13.3. The van der Waals surface area contributed by atoms with E-state index in [2.05, 4.69) is 6.07 Å². The van der Waals surface area contributed by atoms with Gasteiger partial charge < -0.3 is 4.74 Å². The number of nitrogens with zero attached hydrogens (tertiary/aromatic N) is 2. The fraction of sp³-hybridized carbons (Fsp3) is 0.300. The molecule has 140 valence electrons. The summed E-state index contributed by atoms with van der Waals surface area (Å²) in [5.41, 5.74) is 1.43. The summed E-state index contributed by atoms with van der Waals surface area (Å²) in [5.74, 6) is -0.138. The molecule has 4 nitrogen and oxygen atoms in total. The van der Waals surface area contributed by atoms with E-state index in [1.165, 1.54) is 11.3 Å². The summed E-state index contributed by atoms with van der Waals surface area (Å²) in [6.45, 7) is 1.23. The molecule has 1 atom stereocenters. The van der Waals surface area contributed by atoms with Gasteiger partial charge in [0.05, 0.1) is 33.5 Å². The van der Waals surface area contributed by atoms with Gasteiger partial charge in [-0.3, -0.25) is 9.69 Å². The van der Waals surface area contributed by atoms with Gasteiger partial charge in [0.25, 0.3) is 5.91 Å². The third-order valence-electron chi connectivity index (χ3n) is 4.58. The van der Waals surface area contributed by atoms with Crippen LogP contribution in [0.2, 0.25) is 5.02 Å². The Morgan fingerprint density at radius 1 is 1.33 bits per heavy atom. The normalized spacial score (nSPS) is 16.7. The van der Waals surface area contributed by atoms with Gasteiger partial charge in [0.2, 0.25) is 0 Å². The van der Waals surface area contributed by atoms with Crippen molar-refractivity contribution in [1.82, 2.24) is 4.98 Å². The topological polar surface area (TPSA) is 42.4 Å². The predicted octanol–water partition coefficient (Wildman–Crippen LogP) is 5.50. The summed E-state index contributed by atoms with van der Waals surface area (Å²) in [6.07, 6.45) is 4.04. The van der Waals surface area contributed by atoms with Gasteiger partial charge in [-0.05, 0) is 43.4 Å². The zero-order valence-electron chi connectivity index (χ0n) is 14.9. The second kappa shape index (κ2) is 8.19. The van der Waals surface area contributed by atoms with Crippen LogP contribution in [0.1, 0.15) is 23.2 Å². The van der Waals surface area contributed by atoms with E-state index in [4.69, 9.17) is 21.3 Å². The van der Waals surface area contributed by atoms with Crippen molar-refractivity contribution in [2.75, 3.05) is 24.3 Å². The van der Waals surface area contributed by atoms with E-state index in [0.29, 0.717) is 22.3 Å². The van der Waals surface area contributed by atoms with E-state index in [9.17, 15) is 4.79 Å². The number of halogens is 1. The number of para-hydroxylation sites is 1. The van der Waals surface area contributed by atoms with Gasteiger partial charge >= 0.3 is 0 Å². The van der Waals surface area contributed by atoms with E-state index in [1.54, 1.807) is 28.8 Å². The van der Waals surface area contributed by atoms with Gasteiger partial charge in [-0.15, -0.1) is 11.8 Å². The first-order valence-electron chi connectivity index (χ1n) is 8.79. The quantitative estimate of drug-likeness (QED) is 0.513. The molecule has 1 fully saturated rings. The van der Waals surface area contributed by atoms with Crippen LogP contribution in [0.15, 0.2) is 47.4 Å². The minimum Gasteiger partial charge on any atom is -0.376 e.